The number of hydrogen-bond acceptors (Lipinski definition) is 4. The van der Waals surface area contributed by atoms with E-state index in [1.165, 1.54) is 7.11 Å². The summed E-state index contributed by atoms with van der Waals surface area (Å²) in [5, 5.41) is 14.5. The van der Waals surface area contributed by atoms with E-state index in [2.05, 4.69) is 20.4 Å². The van der Waals surface area contributed by atoms with Crippen LogP contribution in [0, 0.1) is 0 Å². The predicted molar refractivity (Wildman–Crippen MR) is 82.1 cm³/mol. The first kappa shape index (κ1) is 16.5. The highest BCUT2D eigenvalue weighted by Crippen LogP contribution is 2.14. The van der Waals surface area contributed by atoms with Crippen LogP contribution in [0.15, 0.2) is 30.3 Å². The Morgan fingerprint density at radius 2 is 2.00 bits per heavy atom. The molecule has 0 spiro atoms. The molecule has 23 heavy (non-hydrogen) atoms. The average molecular weight is 319 g/mol. The second-order valence-corrected chi connectivity index (χ2v) is 4.82. The van der Waals surface area contributed by atoms with Crippen molar-refractivity contribution in [3.63, 3.8) is 0 Å². The molecule has 122 valence electrons. The fourth-order valence-corrected chi connectivity index (χ4v) is 1.99. The molecule has 0 saturated carbocycles. The molecule has 0 fully saturated rings. The Morgan fingerprint density at radius 3 is 2.65 bits per heavy atom. The van der Waals surface area contributed by atoms with Crippen LogP contribution >= 0.6 is 0 Å². The van der Waals surface area contributed by atoms with Gasteiger partial charge >= 0.3 is 5.97 Å². The van der Waals surface area contributed by atoms with Crippen LogP contribution in [0.25, 0.3) is 10.9 Å². The molecule has 1 aromatic carbocycles. The molecular weight excluding hydrogens is 302 g/mol. The molecular formula is C15H17N3O5. The van der Waals surface area contributed by atoms with E-state index in [1.54, 1.807) is 6.07 Å². The summed E-state index contributed by atoms with van der Waals surface area (Å²) in [7, 11) is 1.24. The highest BCUT2D eigenvalue weighted by molar-refractivity contribution is 5.99. The summed E-state index contributed by atoms with van der Waals surface area (Å²) < 4.78 is 4.68. The summed E-state index contributed by atoms with van der Waals surface area (Å²) in [6, 6.07) is 9.11. The van der Waals surface area contributed by atoms with Gasteiger partial charge in [-0.25, -0.2) is 4.79 Å². The number of aromatic nitrogens is 1. The predicted octanol–water partition coefficient (Wildman–Crippen LogP) is 0.114. The van der Waals surface area contributed by atoms with Gasteiger partial charge in [0.05, 0.1) is 13.1 Å². The Kier molecular flexibility index (Phi) is 5.32. The summed E-state index contributed by atoms with van der Waals surface area (Å²) in [5.74, 6) is -2.09. The van der Waals surface area contributed by atoms with Gasteiger partial charge in [-0.15, -0.1) is 0 Å². The van der Waals surface area contributed by atoms with Crippen molar-refractivity contribution < 1.29 is 24.2 Å². The van der Waals surface area contributed by atoms with E-state index >= 15 is 0 Å². The van der Waals surface area contributed by atoms with E-state index < -0.39 is 23.9 Å². The Balaban J connectivity index is 1.84. The van der Waals surface area contributed by atoms with Crippen molar-refractivity contribution in [3.05, 3.63) is 36.0 Å². The maximum Gasteiger partial charge on any atom is 0.334 e. The van der Waals surface area contributed by atoms with Gasteiger partial charge < -0.3 is 25.5 Å². The van der Waals surface area contributed by atoms with E-state index in [4.69, 9.17) is 5.11 Å². The monoisotopic (exact) mass is 319 g/mol. The fraction of sp³-hybridized carbons (Fsp3) is 0.267. The summed E-state index contributed by atoms with van der Waals surface area (Å²) in [4.78, 5) is 37.3. The SMILES string of the molecule is COC(CNC(=O)CNC(=O)c1cc2ccccc2[nH]1)C(=O)O. The Bertz CT molecular complexity index is 692. The van der Waals surface area contributed by atoms with Crippen LogP contribution in [0.5, 0.6) is 0 Å². The smallest absolute Gasteiger partial charge is 0.334 e. The number of hydrogen-bond donors (Lipinski definition) is 4. The van der Waals surface area contributed by atoms with Crippen molar-refractivity contribution in [2.24, 2.45) is 0 Å². The summed E-state index contributed by atoms with van der Waals surface area (Å²) >= 11 is 0. The first-order chi connectivity index (χ1) is 11.0. The number of nitrogens with one attached hydrogen (secondary N) is 3. The van der Waals surface area contributed by atoms with E-state index in [0.717, 1.165) is 10.9 Å². The van der Waals surface area contributed by atoms with Gasteiger partial charge in [0.2, 0.25) is 5.91 Å². The molecule has 0 saturated heterocycles. The minimum absolute atomic E-state index is 0.174. The molecule has 0 aliphatic heterocycles. The minimum atomic E-state index is -1.17. The number of aliphatic carboxylic acids is 1. The van der Waals surface area contributed by atoms with Gasteiger partial charge in [0.15, 0.2) is 6.10 Å². The molecule has 0 bridgehead atoms. The summed E-state index contributed by atoms with van der Waals surface area (Å²) in [5.41, 5.74) is 1.17. The van der Waals surface area contributed by atoms with Crippen LogP contribution in [-0.4, -0.2) is 54.2 Å². The first-order valence-corrected chi connectivity index (χ1v) is 6.89. The van der Waals surface area contributed by atoms with Crippen molar-refractivity contribution in [2.75, 3.05) is 20.2 Å². The summed E-state index contributed by atoms with van der Waals surface area (Å²) in [6.45, 7) is -0.433. The lowest BCUT2D eigenvalue weighted by Crippen LogP contribution is -2.42. The standard InChI is InChI=1S/C15H17N3O5/c1-23-12(15(21)22)7-16-13(19)8-17-14(20)11-6-9-4-2-3-5-10(9)18-11/h2-6,12,18H,7-8H2,1H3,(H,16,19)(H,17,20)(H,21,22). The van der Waals surface area contributed by atoms with Crippen molar-refractivity contribution in [1.82, 2.24) is 15.6 Å². The molecule has 0 aliphatic carbocycles. The minimum Gasteiger partial charge on any atom is -0.479 e. The molecule has 1 unspecified atom stereocenters. The molecule has 2 aromatic rings. The lowest BCUT2D eigenvalue weighted by Gasteiger charge is -2.11. The number of aromatic amines is 1. The van der Waals surface area contributed by atoms with E-state index in [9.17, 15) is 14.4 Å². The number of benzene rings is 1. The van der Waals surface area contributed by atoms with Crippen molar-refractivity contribution in [3.8, 4) is 0 Å². The van der Waals surface area contributed by atoms with Gasteiger partial charge in [-0.05, 0) is 12.1 Å². The number of carbonyl (C=O) groups is 3. The second kappa shape index (κ2) is 7.41. The quantitative estimate of drug-likeness (QED) is 0.577. The number of rotatable bonds is 7. The van der Waals surface area contributed by atoms with Crippen LogP contribution in [0.3, 0.4) is 0 Å². The number of carboxylic acid groups (broad SMARTS) is 1. The molecule has 0 radical (unpaired) electrons. The Labute approximate surface area is 131 Å². The van der Waals surface area contributed by atoms with Gasteiger partial charge in [0.1, 0.15) is 5.69 Å². The second-order valence-electron chi connectivity index (χ2n) is 4.82. The number of carbonyl (C=O) groups excluding carboxylic acids is 2. The third-order valence-corrected chi connectivity index (χ3v) is 3.23. The number of carboxylic acids is 1. The van der Waals surface area contributed by atoms with Crippen molar-refractivity contribution in [2.45, 2.75) is 6.10 Å². The van der Waals surface area contributed by atoms with Crippen LogP contribution in [0.1, 0.15) is 10.5 Å². The molecule has 2 rings (SSSR count). The molecule has 8 nitrogen and oxygen atoms in total. The molecule has 0 aliphatic rings. The Morgan fingerprint density at radius 1 is 1.26 bits per heavy atom. The zero-order valence-electron chi connectivity index (χ0n) is 12.5. The lowest BCUT2D eigenvalue weighted by molar-refractivity contribution is -0.148. The van der Waals surface area contributed by atoms with Crippen LogP contribution in [0.2, 0.25) is 0 Å². The first-order valence-electron chi connectivity index (χ1n) is 6.89. The van der Waals surface area contributed by atoms with Crippen LogP contribution < -0.4 is 10.6 Å². The Hall–Kier alpha value is -2.87. The van der Waals surface area contributed by atoms with Crippen LogP contribution in [-0.2, 0) is 14.3 Å². The number of fused-ring (bicyclic) bond motifs is 1. The lowest BCUT2D eigenvalue weighted by atomic mass is 10.2. The number of amides is 2. The third kappa shape index (κ3) is 4.30. The number of ether oxygens (including phenoxy) is 1. The average Bonchev–Trinajstić information content (AvgIpc) is 2.97. The number of para-hydroxylation sites is 1. The van der Waals surface area contributed by atoms with E-state index in [0.29, 0.717) is 5.69 Å². The van der Waals surface area contributed by atoms with Crippen molar-refractivity contribution in [1.29, 1.82) is 0 Å². The molecule has 8 heteroatoms. The fourth-order valence-electron chi connectivity index (χ4n) is 1.99. The number of H-pyrrole nitrogens is 1. The zero-order chi connectivity index (χ0) is 16.8. The van der Waals surface area contributed by atoms with E-state index in [-0.39, 0.29) is 13.1 Å². The normalized spacial score (nSPS) is 11.9. The van der Waals surface area contributed by atoms with Gasteiger partial charge in [-0.3, -0.25) is 9.59 Å². The molecule has 1 aromatic heterocycles. The van der Waals surface area contributed by atoms with Gasteiger partial charge in [0.25, 0.3) is 5.91 Å². The third-order valence-electron chi connectivity index (χ3n) is 3.23. The summed E-state index contributed by atoms with van der Waals surface area (Å²) in [6.07, 6.45) is -1.12. The molecule has 4 N–H and O–H groups in total. The molecule has 1 atom stereocenters. The van der Waals surface area contributed by atoms with E-state index in [1.807, 2.05) is 24.3 Å². The van der Waals surface area contributed by atoms with Gasteiger partial charge in [-0.1, -0.05) is 18.2 Å². The number of methoxy groups -OCH3 is 1. The van der Waals surface area contributed by atoms with Crippen molar-refractivity contribution >= 4 is 28.7 Å². The topological polar surface area (TPSA) is 121 Å². The zero-order valence-corrected chi connectivity index (χ0v) is 12.5. The van der Waals surface area contributed by atoms with Crippen LogP contribution in [0.4, 0.5) is 0 Å². The van der Waals surface area contributed by atoms with Gasteiger partial charge in [-0.2, -0.15) is 0 Å². The highest BCUT2D eigenvalue weighted by Gasteiger charge is 2.17. The molecule has 2 amide bonds. The largest absolute Gasteiger partial charge is 0.479 e. The molecule has 1 heterocycles. The maximum atomic E-state index is 12.0. The van der Waals surface area contributed by atoms with Gasteiger partial charge in [0, 0.05) is 18.0 Å². The maximum absolute atomic E-state index is 12.0. The highest BCUT2D eigenvalue weighted by atomic mass is 16.5.